The van der Waals surface area contributed by atoms with Gasteiger partial charge in [-0.25, -0.2) is 4.79 Å². The van der Waals surface area contributed by atoms with Gasteiger partial charge in [-0.15, -0.1) is 0 Å². The van der Waals surface area contributed by atoms with Gasteiger partial charge in [0.2, 0.25) is 0 Å². The lowest BCUT2D eigenvalue weighted by Crippen LogP contribution is -2.29. The van der Waals surface area contributed by atoms with Crippen molar-refractivity contribution in [3.8, 4) is 0 Å². The van der Waals surface area contributed by atoms with Crippen LogP contribution in [0.1, 0.15) is 17.3 Å². The molecule has 0 radical (unpaired) electrons. The summed E-state index contributed by atoms with van der Waals surface area (Å²) in [6.07, 6.45) is 4.89. The van der Waals surface area contributed by atoms with Gasteiger partial charge in [0.25, 0.3) is 0 Å². The molecule has 98 valence electrons. The van der Waals surface area contributed by atoms with Crippen LogP contribution >= 0.6 is 0 Å². The van der Waals surface area contributed by atoms with Gasteiger partial charge in [0.15, 0.2) is 0 Å². The first kappa shape index (κ1) is 13.2. The Hall–Kier alpha value is -2.27. The second-order valence-electron chi connectivity index (χ2n) is 3.94. The molecule has 0 spiro atoms. The van der Waals surface area contributed by atoms with Crippen LogP contribution in [-0.4, -0.2) is 23.0 Å². The highest BCUT2D eigenvalue weighted by Gasteiger charge is 2.20. The SMILES string of the molecule is COC(=O)C(NCc1cnccn1)c1ccccc1. The van der Waals surface area contributed by atoms with Gasteiger partial charge in [0, 0.05) is 25.1 Å². The molecule has 1 atom stereocenters. The van der Waals surface area contributed by atoms with E-state index in [9.17, 15) is 4.79 Å². The molecule has 5 nitrogen and oxygen atoms in total. The number of benzene rings is 1. The fourth-order valence-corrected chi connectivity index (χ4v) is 1.73. The standard InChI is InChI=1S/C14H15N3O2/c1-19-14(18)13(11-5-3-2-4-6-11)17-10-12-9-15-7-8-16-12/h2-9,13,17H,10H2,1H3. The molecule has 0 bridgehead atoms. The van der Waals surface area contributed by atoms with Crippen molar-refractivity contribution in [1.82, 2.24) is 15.3 Å². The van der Waals surface area contributed by atoms with Gasteiger partial charge in [-0.2, -0.15) is 0 Å². The molecule has 0 aliphatic carbocycles. The maximum absolute atomic E-state index is 11.8. The van der Waals surface area contributed by atoms with Crippen molar-refractivity contribution >= 4 is 5.97 Å². The molecule has 0 aliphatic rings. The van der Waals surface area contributed by atoms with Crippen molar-refractivity contribution < 1.29 is 9.53 Å². The van der Waals surface area contributed by atoms with Gasteiger partial charge in [-0.3, -0.25) is 15.3 Å². The van der Waals surface area contributed by atoms with E-state index >= 15 is 0 Å². The summed E-state index contributed by atoms with van der Waals surface area (Å²) in [5.74, 6) is -0.324. The lowest BCUT2D eigenvalue weighted by Gasteiger charge is -2.16. The van der Waals surface area contributed by atoms with Crippen molar-refractivity contribution in [2.75, 3.05) is 7.11 Å². The molecule has 5 heteroatoms. The summed E-state index contributed by atoms with van der Waals surface area (Å²) in [6.45, 7) is 0.447. The first-order chi connectivity index (χ1) is 9.31. The Balaban J connectivity index is 2.09. The van der Waals surface area contributed by atoms with Crippen LogP contribution in [0.5, 0.6) is 0 Å². The van der Waals surface area contributed by atoms with Gasteiger partial charge in [-0.1, -0.05) is 30.3 Å². The summed E-state index contributed by atoms with van der Waals surface area (Å²) in [5.41, 5.74) is 1.63. The predicted molar refractivity (Wildman–Crippen MR) is 70.1 cm³/mol. The Bertz CT molecular complexity index is 517. The van der Waals surface area contributed by atoms with Crippen molar-refractivity contribution in [2.24, 2.45) is 0 Å². The molecular weight excluding hydrogens is 242 g/mol. The number of esters is 1. The van der Waals surface area contributed by atoms with E-state index in [0.29, 0.717) is 6.54 Å². The predicted octanol–water partition coefficient (Wildman–Crippen LogP) is 1.48. The average molecular weight is 257 g/mol. The van der Waals surface area contributed by atoms with Crippen LogP contribution < -0.4 is 5.32 Å². The number of nitrogens with one attached hydrogen (secondary N) is 1. The number of hydrogen-bond acceptors (Lipinski definition) is 5. The zero-order chi connectivity index (χ0) is 13.5. The van der Waals surface area contributed by atoms with Gasteiger partial charge >= 0.3 is 5.97 Å². The molecule has 0 saturated carbocycles. The smallest absolute Gasteiger partial charge is 0.327 e. The van der Waals surface area contributed by atoms with Crippen LogP contribution in [0, 0.1) is 0 Å². The van der Waals surface area contributed by atoms with Crippen molar-refractivity contribution in [2.45, 2.75) is 12.6 Å². The maximum atomic E-state index is 11.8. The first-order valence-corrected chi connectivity index (χ1v) is 5.92. The number of carbonyl (C=O) groups is 1. The molecule has 1 N–H and O–H groups in total. The van der Waals surface area contributed by atoms with Crippen molar-refractivity contribution in [1.29, 1.82) is 0 Å². The highest BCUT2D eigenvalue weighted by atomic mass is 16.5. The van der Waals surface area contributed by atoms with Crippen molar-refractivity contribution in [3.05, 3.63) is 60.2 Å². The summed E-state index contributed by atoms with van der Waals surface area (Å²) in [7, 11) is 1.38. The minimum atomic E-state index is -0.506. The third-order valence-electron chi connectivity index (χ3n) is 2.67. The molecule has 1 unspecified atom stereocenters. The van der Waals surface area contributed by atoms with E-state index in [2.05, 4.69) is 15.3 Å². The highest BCUT2D eigenvalue weighted by Crippen LogP contribution is 2.14. The fraction of sp³-hybridized carbons (Fsp3) is 0.214. The van der Waals surface area contributed by atoms with E-state index in [-0.39, 0.29) is 5.97 Å². The second kappa shape index (κ2) is 6.61. The quantitative estimate of drug-likeness (QED) is 0.822. The average Bonchev–Trinajstić information content (AvgIpc) is 2.49. The number of rotatable bonds is 5. The zero-order valence-corrected chi connectivity index (χ0v) is 10.6. The molecule has 2 aromatic rings. The van der Waals surface area contributed by atoms with Crippen LogP contribution in [0.4, 0.5) is 0 Å². The number of hydrogen-bond donors (Lipinski definition) is 1. The van der Waals surface area contributed by atoms with E-state index in [4.69, 9.17) is 4.74 Å². The molecule has 2 rings (SSSR count). The molecule has 1 aromatic carbocycles. The Morgan fingerprint density at radius 3 is 2.74 bits per heavy atom. The van der Waals surface area contributed by atoms with Crippen molar-refractivity contribution in [3.63, 3.8) is 0 Å². The molecular formula is C14H15N3O2. The van der Waals surface area contributed by atoms with Gasteiger partial charge in [0.1, 0.15) is 6.04 Å². The third kappa shape index (κ3) is 3.59. The summed E-state index contributed by atoms with van der Waals surface area (Å²) < 4.78 is 4.82. The Morgan fingerprint density at radius 1 is 1.32 bits per heavy atom. The summed E-state index contributed by atoms with van der Waals surface area (Å²) in [4.78, 5) is 19.9. The first-order valence-electron chi connectivity index (χ1n) is 5.92. The normalized spacial score (nSPS) is 11.8. The van der Waals surface area contributed by atoms with Crippen LogP contribution in [0.15, 0.2) is 48.9 Å². The van der Waals surface area contributed by atoms with E-state index in [1.54, 1.807) is 18.6 Å². The summed E-state index contributed by atoms with van der Waals surface area (Å²) in [5, 5.41) is 3.13. The van der Waals surface area contributed by atoms with Gasteiger partial charge in [0.05, 0.1) is 12.8 Å². The molecule has 1 heterocycles. The van der Waals surface area contributed by atoms with E-state index in [0.717, 1.165) is 11.3 Å². The number of aromatic nitrogens is 2. The van der Waals surface area contributed by atoms with Crippen LogP contribution in [0.3, 0.4) is 0 Å². The molecule has 19 heavy (non-hydrogen) atoms. The summed E-state index contributed by atoms with van der Waals surface area (Å²) in [6, 6.07) is 8.93. The zero-order valence-electron chi connectivity index (χ0n) is 10.6. The molecule has 1 aromatic heterocycles. The van der Waals surface area contributed by atoms with E-state index in [1.807, 2.05) is 30.3 Å². The monoisotopic (exact) mass is 257 g/mol. The van der Waals surface area contributed by atoms with Crippen LogP contribution in [0.25, 0.3) is 0 Å². The van der Waals surface area contributed by atoms with Gasteiger partial charge < -0.3 is 4.74 Å². The molecule has 0 aliphatic heterocycles. The van der Waals surface area contributed by atoms with Crippen LogP contribution in [0.2, 0.25) is 0 Å². The number of methoxy groups -OCH3 is 1. The lowest BCUT2D eigenvalue weighted by molar-refractivity contribution is -0.143. The van der Waals surface area contributed by atoms with Gasteiger partial charge in [-0.05, 0) is 5.56 Å². The largest absolute Gasteiger partial charge is 0.468 e. The highest BCUT2D eigenvalue weighted by molar-refractivity contribution is 5.77. The lowest BCUT2D eigenvalue weighted by atomic mass is 10.1. The Morgan fingerprint density at radius 2 is 2.11 bits per heavy atom. The molecule has 0 saturated heterocycles. The number of ether oxygens (including phenoxy) is 1. The number of carbonyl (C=O) groups excluding carboxylic acids is 1. The minimum absolute atomic E-state index is 0.324. The maximum Gasteiger partial charge on any atom is 0.327 e. The molecule has 0 fully saturated rings. The Labute approximate surface area is 111 Å². The third-order valence-corrected chi connectivity index (χ3v) is 2.67. The topological polar surface area (TPSA) is 64.1 Å². The second-order valence-corrected chi connectivity index (χ2v) is 3.94. The van der Waals surface area contributed by atoms with Crippen LogP contribution in [-0.2, 0) is 16.1 Å². The van der Waals surface area contributed by atoms with E-state index < -0.39 is 6.04 Å². The summed E-state index contributed by atoms with van der Waals surface area (Å²) >= 11 is 0. The Kier molecular flexibility index (Phi) is 4.58. The molecule has 0 amide bonds. The fourth-order valence-electron chi connectivity index (χ4n) is 1.73. The van der Waals surface area contributed by atoms with E-state index in [1.165, 1.54) is 7.11 Å². The number of nitrogens with zero attached hydrogens (tertiary/aromatic N) is 2. The minimum Gasteiger partial charge on any atom is -0.468 e.